The lowest BCUT2D eigenvalue weighted by atomic mass is 10.2. The third-order valence-corrected chi connectivity index (χ3v) is 3.64. The zero-order valence-electron chi connectivity index (χ0n) is 15.3. The molecule has 5 nitrogen and oxygen atoms in total. The second-order valence-electron chi connectivity index (χ2n) is 5.97. The maximum atomic E-state index is 12.9. The van der Waals surface area contributed by atoms with E-state index < -0.39 is 47.0 Å². The van der Waals surface area contributed by atoms with Crippen molar-refractivity contribution in [1.82, 2.24) is 0 Å². The number of aliphatic hydroxyl groups excluding tert-OH is 1. The Balaban J connectivity index is 2.32. The molecule has 0 aliphatic rings. The number of azo groups is 1. The van der Waals surface area contributed by atoms with Crippen LogP contribution in [0, 0.1) is 0 Å². The molecule has 0 heterocycles. The molecule has 0 saturated heterocycles. The summed E-state index contributed by atoms with van der Waals surface area (Å²) in [6.45, 7) is 0. The van der Waals surface area contributed by atoms with Crippen LogP contribution in [0.1, 0.15) is 11.1 Å². The molecule has 2 aromatic carbocycles. The maximum absolute atomic E-state index is 12.9. The molecule has 0 aliphatic carbocycles. The summed E-state index contributed by atoms with van der Waals surface area (Å²) in [5, 5.41) is 17.3. The fourth-order valence-corrected chi connectivity index (χ4v) is 2.09. The highest BCUT2D eigenvalue weighted by Crippen LogP contribution is 2.32. The normalized spacial score (nSPS) is 13.8. The Hall–Kier alpha value is -3.58. The van der Waals surface area contributed by atoms with Crippen LogP contribution in [-0.2, 0) is 17.1 Å². The summed E-state index contributed by atoms with van der Waals surface area (Å²) in [4.78, 5) is 12.1. The van der Waals surface area contributed by atoms with Crippen molar-refractivity contribution in [1.29, 1.82) is 0 Å². The summed E-state index contributed by atoms with van der Waals surface area (Å²) in [6, 6.07) is 5.21. The third-order valence-electron chi connectivity index (χ3n) is 3.64. The molecular weight excluding hydrogens is 461 g/mol. The lowest BCUT2D eigenvalue weighted by Crippen LogP contribution is -2.21. The molecule has 2 aromatic rings. The topological polar surface area (TPSA) is 74.0 Å². The Morgan fingerprint density at radius 1 is 0.750 bits per heavy atom. The van der Waals surface area contributed by atoms with E-state index in [2.05, 4.69) is 10.2 Å². The number of nitrogens with one attached hydrogen (secondary N) is 1. The first-order valence-electron chi connectivity index (χ1n) is 8.17. The van der Waals surface area contributed by atoms with Gasteiger partial charge in [0.05, 0.1) is 16.8 Å². The Morgan fingerprint density at radius 2 is 1.19 bits per heavy atom. The number of amides is 1. The molecule has 0 radical (unpaired) electrons. The van der Waals surface area contributed by atoms with Crippen LogP contribution in [0.25, 0.3) is 0 Å². The second-order valence-corrected chi connectivity index (χ2v) is 5.97. The van der Waals surface area contributed by atoms with Crippen LogP contribution in [0.4, 0.5) is 50.9 Å². The number of carbonyl (C=O) groups excluding carboxylic acids is 1. The Kier molecular flexibility index (Phi) is 6.85. The van der Waals surface area contributed by atoms with Gasteiger partial charge in [-0.25, -0.2) is 0 Å². The lowest BCUT2D eigenvalue weighted by molar-refractivity contribution is -0.138. The minimum Gasteiger partial charge on any atom is -0.503 e. The van der Waals surface area contributed by atoms with Gasteiger partial charge in [0.15, 0.2) is 5.70 Å². The molecule has 32 heavy (non-hydrogen) atoms. The fraction of sp³-hybridized carbons (Fsp3) is 0.167. The SMILES string of the molecule is O=C(Nc1ccc(C(F)(F)F)cc1)C(N=Nc1ccc(C(F)(F)F)cc1)=C(O)C(F)(F)F. The summed E-state index contributed by atoms with van der Waals surface area (Å²) in [6.07, 6.45) is -14.8. The molecule has 2 N–H and O–H groups in total. The van der Waals surface area contributed by atoms with E-state index in [0.29, 0.717) is 24.3 Å². The van der Waals surface area contributed by atoms with E-state index in [-0.39, 0.29) is 11.4 Å². The van der Waals surface area contributed by atoms with E-state index in [1.54, 1.807) is 0 Å². The Bertz CT molecular complexity index is 1020. The Labute approximate surface area is 172 Å². The molecule has 0 bridgehead atoms. The lowest BCUT2D eigenvalue weighted by Gasteiger charge is -2.11. The zero-order valence-corrected chi connectivity index (χ0v) is 15.3. The molecule has 0 saturated carbocycles. The molecule has 1 amide bonds. The van der Waals surface area contributed by atoms with Crippen LogP contribution in [0.2, 0.25) is 0 Å². The number of rotatable bonds is 4. The van der Waals surface area contributed by atoms with Gasteiger partial charge < -0.3 is 10.4 Å². The van der Waals surface area contributed by atoms with Gasteiger partial charge in [0.2, 0.25) is 5.76 Å². The number of hydrogen-bond acceptors (Lipinski definition) is 4. The highest BCUT2D eigenvalue weighted by molar-refractivity contribution is 6.03. The molecule has 0 aliphatic heterocycles. The average molecular weight is 471 g/mol. The Morgan fingerprint density at radius 3 is 1.59 bits per heavy atom. The van der Waals surface area contributed by atoms with Crippen molar-refractivity contribution >= 4 is 17.3 Å². The third kappa shape index (κ3) is 6.46. The van der Waals surface area contributed by atoms with E-state index in [0.717, 1.165) is 24.3 Å². The summed E-state index contributed by atoms with van der Waals surface area (Å²) in [7, 11) is 0. The highest BCUT2D eigenvalue weighted by atomic mass is 19.4. The van der Waals surface area contributed by atoms with E-state index in [4.69, 9.17) is 0 Å². The van der Waals surface area contributed by atoms with Crippen molar-refractivity contribution in [3.8, 4) is 0 Å². The van der Waals surface area contributed by atoms with Crippen LogP contribution >= 0.6 is 0 Å². The van der Waals surface area contributed by atoms with Crippen molar-refractivity contribution in [2.75, 3.05) is 5.32 Å². The standard InChI is InChI=1S/C18H10F9N3O2/c19-16(20,21)9-1-5-11(6-2-9)28-15(32)13(14(31)18(25,26)27)30-29-12-7-3-10(4-8-12)17(22,23)24/h1-8,31H,(H,28,32). The predicted octanol–water partition coefficient (Wildman–Crippen LogP) is 6.78. The number of halogens is 9. The maximum Gasteiger partial charge on any atom is 0.451 e. The first kappa shape index (κ1) is 24.7. The van der Waals surface area contributed by atoms with Crippen molar-refractivity contribution < 1.29 is 49.4 Å². The number of alkyl halides is 9. The first-order valence-corrected chi connectivity index (χ1v) is 8.17. The molecular formula is C18H10F9N3O2. The number of allylic oxidation sites excluding steroid dienone is 1. The van der Waals surface area contributed by atoms with Gasteiger partial charge in [-0.3, -0.25) is 4.79 Å². The average Bonchev–Trinajstić information content (AvgIpc) is 2.66. The van der Waals surface area contributed by atoms with E-state index >= 15 is 0 Å². The zero-order chi connectivity index (χ0) is 24.3. The van der Waals surface area contributed by atoms with E-state index in [9.17, 15) is 49.4 Å². The number of hydrogen-bond donors (Lipinski definition) is 2. The number of anilines is 1. The highest BCUT2D eigenvalue weighted by Gasteiger charge is 2.39. The fourth-order valence-electron chi connectivity index (χ4n) is 2.09. The monoisotopic (exact) mass is 471 g/mol. The predicted molar refractivity (Wildman–Crippen MR) is 91.7 cm³/mol. The van der Waals surface area contributed by atoms with Crippen LogP contribution in [-0.4, -0.2) is 17.2 Å². The van der Waals surface area contributed by atoms with Gasteiger partial charge in [0, 0.05) is 5.69 Å². The number of benzene rings is 2. The van der Waals surface area contributed by atoms with Crippen LogP contribution in [0.3, 0.4) is 0 Å². The second kappa shape index (κ2) is 8.88. The van der Waals surface area contributed by atoms with Crippen LogP contribution < -0.4 is 5.32 Å². The van der Waals surface area contributed by atoms with Gasteiger partial charge >= 0.3 is 18.5 Å². The van der Waals surface area contributed by atoms with Crippen LogP contribution in [0.15, 0.2) is 70.2 Å². The number of aliphatic hydroxyl groups is 1. The molecule has 0 spiro atoms. The van der Waals surface area contributed by atoms with E-state index in [1.165, 1.54) is 0 Å². The molecule has 0 aromatic heterocycles. The molecule has 0 unspecified atom stereocenters. The smallest absolute Gasteiger partial charge is 0.451 e. The number of carbonyl (C=O) groups is 1. The van der Waals surface area contributed by atoms with Crippen molar-refractivity contribution in [3.05, 3.63) is 71.1 Å². The van der Waals surface area contributed by atoms with Crippen LogP contribution in [0.5, 0.6) is 0 Å². The largest absolute Gasteiger partial charge is 0.503 e. The minimum atomic E-state index is -5.45. The van der Waals surface area contributed by atoms with E-state index in [1.807, 2.05) is 5.32 Å². The summed E-state index contributed by atoms with van der Waals surface area (Å²) < 4.78 is 114. The summed E-state index contributed by atoms with van der Waals surface area (Å²) in [5.74, 6) is -4.16. The van der Waals surface area contributed by atoms with Gasteiger partial charge in [-0.1, -0.05) is 0 Å². The van der Waals surface area contributed by atoms with Gasteiger partial charge in [-0.15, -0.1) is 5.11 Å². The van der Waals surface area contributed by atoms with Crippen molar-refractivity contribution in [2.24, 2.45) is 10.2 Å². The quantitative estimate of drug-likeness (QED) is 0.223. The minimum absolute atomic E-state index is 0.361. The number of nitrogens with zero attached hydrogens (tertiary/aromatic N) is 2. The summed E-state index contributed by atoms with van der Waals surface area (Å²) in [5.41, 5.74) is -4.58. The molecule has 0 atom stereocenters. The first-order chi connectivity index (χ1) is 14.6. The molecule has 2 rings (SSSR count). The summed E-state index contributed by atoms with van der Waals surface area (Å²) >= 11 is 0. The van der Waals surface area contributed by atoms with Crippen molar-refractivity contribution in [2.45, 2.75) is 18.5 Å². The van der Waals surface area contributed by atoms with Crippen molar-refractivity contribution in [3.63, 3.8) is 0 Å². The molecule has 14 heteroatoms. The van der Waals surface area contributed by atoms with Gasteiger partial charge in [-0.2, -0.15) is 44.6 Å². The molecule has 0 fully saturated rings. The van der Waals surface area contributed by atoms with Gasteiger partial charge in [0.1, 0.15) is 0 Å². The molecule has 172 valence electrons. The van der Waals surface area contributed by atoms with Gasteiger partial charge in [0.25, 0.3) is 5.91 Å². The van der Waals surface area contributed by atoms with Gasteiger partial charge in [-0.05, 0) is 48.5 Å².